The van der Waals surface area contributed by atoms with Crippen LogP contribution >= 0.6 is 11.8 Å². The molecule has 0 atom stereocenters. The third-order valence-electron chi connectivity index (χ3n) is 4.44. The van der Waals surface area contributed by atoms with E-state index < -0.39 is 0 Å². The summed E-state index contributed by atoms with van der Waals surface area (Å²) in [6.07, 6.45) is 2.38. The number of para-hydroxylation sites is 1. The van der Waals surface area contributed by atoms with Crippen LogP contribution in [0.2, 0.25) is 0 Å². The molecule has 1 aromatic carbocycles. The van der Waals surface area contributed by atoms with E-state index in [4.69, 9.17) is 0 Å². The van der Waals surface area contributed by atoms with Crippen molar-refractivity contribution in [3.63, 3.8) is 0 Å². The minimum atomic E-state index is -0.0872. The van der Waals surface area contributed by atoms with Crippen LogP contribution in [0.25, 0.3) is 10.9 Å². The van der Waals surface area contributed by atoms with Crippen LogP contribution in [0, 0.1) is 6.92 Å². The number of aryl methyl sites for hydroxylation is 1. The Labute approximate surface area is 150 Å². The van der Waals surface area contributed by atoms with E-state index in [9.17, 15) is 4.79 Å². The van der Waals surface area contributed by atoms with Crippen molar-refractivity contribution >= 4 is 22.7 Å². The number of nitrogens with one attached hydrogen (secondary N) is 1. The molecule has 25 heavy (non-hydrogen) atoms. The van der Waals surface area contributed by atoms with Crippen molar-refractivity contribution in [1.29, 1.82) is 0 Å². The summed E-state index contributed by atoms with van der Waals surface area (Å²) in [4.78, 5) is 19.8. The molecular weight excluding hydrogens is 334 g/mol. The van der Waals surface area contributed by atoms with Crippen LogP contribution in [0.15, 0.2) is 28.2 Å². The number of rotatable bonds is 5. The summed E-state index contributed by atoms with van der Waals surface area (Å²) in [5, 5.41) is 10.3. The maximum absolute atomic E-state index is 12.3. The Hall–Kier alpha value is -2.15. The predicted octanol–water partition coefficient (Wildman–Crippen LogP) is 3.57. The quantitative estimate of drug-likeness (QED) is 0.708. The molecule has 2 heterocycles. The van der Waals surface area contributed by atoms with Gasteiger partial charge in [-0.25, -0.2) is 4.98 Å². The van der Waals surface area contributed by atoms with Crippen molar-refractivity contribution < 1.29 is 0 Å². The first-order valence-corrected chi connectivity index (χ1v) is 9.59. The highest BCUT2D eigenvalue weighted by molar-refractivity contribution is 7.98. The number of H-pyrrole nitrogens is 1. The summed E-state index contributed by atoms with van der Waals surface area (Å²) in [7, 11) is 0. The van der Waals surface area contributed by atoms with Gasteiger partial charge in [-0.3, -0.25) is 4.79 Å². The smallest absolute Gasteiger partial charge is 0.258 e. The molecule has 0 aliphatic heterocycles. The zero-order valence-electron chi connectivity index (χ0n) is 14.6. The van der Waals surface area contributed by atoms with Crippen LogP contribution in [0.3, 0.4) is 0 Å². The average Bonchev–Trinajstić information content (AvgIpc) is 3.33. The summed E-state index contributed by atoms with van der Waals surface area (Å²) >= 11 is 1.59. The van der Waals surface area contributed by atoms with Crippen LogP contribution in [0.4, 0.5) is 0 Å². The number of benzene rings is 1. The first-order valence-electron chi connectivity index (χ1n) is 8.60. The lowest BCUT2D eigenvalue weighted by atomic mass is 10.1. The van der Waals surface area contributed by atoms with Crippen molar-refractivity contribution in [2.24, 2.45) is 0 Å². The maximum atomic E-state index is 12.3. The summed E-state index contributed by atoms with van der Waals surface area (Å²) < 4.78 is 2.26. The maximum Gasteiger partial charge on any atom is 0.258 e. The first kappa shape index (κ1) is 16.3. The fourth-order valence-corrected chi connectivity index (χ4v) is 3.89. The van der Waals surface area contributed by atoms with Gasteiger partial charge in [-0.1, -0.05) is 37.7 Å². The largest absolute Gasteiger partial charge is 0.309 e. The Morgan fingerprint density at radius 2 is 2.12 bits per heavy atom. The van der Waals surface area contributed by atoms with Gasteiger partial charge >= 0.3 is 0 Å². The van der Waals surface area contributed by atoms with E-state index in [0.717, 1.165) is 22.1 Å². The number of hydrogen-bond donors (Lipinski definition) is 1. The third kappa shape index (κ3) is 3.08. The minimum Gasteiger partial charge on any atom is -0.309 e. The molecule has 7 heteroatoms. The Morgan fingerprint density at radius 1 is 1.32 bits per heavy atom. The lowest BCUT2D eigenvalue weighted by Gasteiger charge is -2.10. The highest BCUT2D eigenvalue weighted by Gasteiger charge is 2.30. The molecule has 6 nitrogen and oxygen atoms in total. The minimum absolute atomic E-state index is 0.0872. The molecule has 1 aliphatic rings. The van der Waals surface area contributed by atoms with Crippen molar-refractivity contribution in [3.8, 4) is 0 Å². The molecular formula is C18H21N5OS. The van der Waals surface area contributed by atoms with Gasteiger partial charge in [0, 0.05) is 12.0 Å². The van der Waals surface area contributed by atoms with E-state index in [-0.39, 0.29) is 5.56 Å². The van der Waals surface area contributed by atoms with Crippen molar-refractivity contribution in [3.05, 3.63) is 45.8 Å². The van der Waals surface area contributed by atoms with Gasteiger partial charge < -0.3 is 9.55 Å². The van der Waals surface area contributed by atoms with Gasteiger partial charge in [0.2, 0.25) is 0 Å². The Morgan fingerprint density at radius 3 is 2.84 bits per heavy atom. The van der Waals surface area contributed by atoms with Crippen molar-refractivity contribution in [2.45, 2.75) is 56.5 Å². The fourth-order valence-electron chi connectivity index (χ4n) is 3.01. The van der Waals surface area contributed by atoms with E-state index in [2.05, 4.69) is 38.6 Å². The van der Waals surface area contributed by atoms with Gasteiger partial charge in [-0.05, 0) is 31.4 Å². The molecule has 1 fully saturated rings. The highest BCUT2D eigenvalue weighted by atomic mass is 32.2. The van der Waals surface area contributed by atoms with E-state index in [1.54, 1.807) is 11.8 Å². The van der Waals surface area contributed by atoms with Crippen LogP contribution in [-0.4, -0.2) is 24.7 Å². The first-order chi connectivity index (χ1) is 12.0. The fraction of sp³-hybridized carbons (Fsp3) is 0.444. The average molecular weight is 355 g/mol. The van der Waals surface area contributed by atoms with Gasteiger partial charge in [0.25, 0.3) is 5.56 Å². The number of aromatic nitrogens is 5. The monoisotopic (exact) mass is 355 g/mol. The Balaban J connectivity index is 1.63. The lowest BCUT2D eigenvalue weighted by Crippen LogP contribution is -2.12. The molecule has 2 aromatic heterocycles. The zero-order valence-corrected chi connectivity index (χ0v) is 15.4. The summed E-state index contributed by atoms with van der Waals surface area (Å²) in [6.45, 7) is 6.26. The predicted molar refractivity (Wildman–Crippen MR) is 99.0 cm³/mol. The van der Waals surface area contributed by atoms with Crippen LogP contribution < -0.4 is 5.56 Å². The molecule has 1 N–H and O–H groups in total. The molecule has 0 bridgehead atoms. The van der Waals surface area contributed by atoms with Gasteiger partial charge in [0.1, 0.15) is 11.6 Å². The zero-order chi connectivity index (χ0) is 17.6. The number of hydrogen-bond acceptors (Lipinski definition) is 5. The second-order valence-corrected chi connectivity index (χ2v) is 7.81. The molecule has 0 radical (unpaired) electrons. The van der Waals surface area contributed by atoms with Gasteiger partial charge in [-0.15, -0.1) is 10.2 Å². The second-order valence-electron chi connectivity index (χ2n) is 6.87. The van der Waals surface area contributed by atoms with Crippen LogP contribution in [0.1, 0.15) is 55.9 Å². The van der Waals surface area contributed by atoms with Crippen LogP contribution in [0.5, 0.6) is 0 Å². The van der Waals surface area contributed by atoms with Crippen molar-refractivity contribution in [1.82, 2.24) is 24.7 Å². The third-order valence-corrected chi connectivity index (χ3v) is 5.40. The van der Waals surface area contributed by atoms with E-state index >= 15 is 0 Å². The molecule has 4 rings (SSSR count). The van der Waals surface area contributed by atoms with Gasteiger partial charge in [-0.2, -0.15) is 0 Å². The number of nitrogens with zero attached hydrogens (tertiary/aromatic N) is 4. The molecule has 0 saturated heterocycles. The van der Waals surface area contributed by atoms with E-state index in [0.29, 0.717) is 28.9 Å². The SMILES string of the molecule is Cc1cccc2c(=O)[nH]c(CSc3nnc(C(C)C)n3C3CC3)nc12. The molecule has 0 unspecified atom stereocenters. The van der Waals surface area contributed by atoms with E-state index in [1.807, 2.05) is 25.1 Å². The Bertz CT molecular complexity index is 987. The standard InChI is InChI=1S/C18H21N5OS/c1-10(2)16-21-22-18(23(16)12-7-8-12)25-9-14-19-15-11(3)5-4-6-13(15)17(24)20-14/h4-6,10,12H,7-9H2,1-3H3,(H,19,20,24). The number of fused-ring (bicyclic) bond motifs is 1. The van der Waals surface area contributed by atoms with Crippen molar-refractivity contribution in [2.75, 3.05) is 0 Å². The molecule has 1 saturated carbocycles. The highest BCUT2D eigenvalue weighted by Crippen LogP contribution is 2.40. The lowest BCUT2D eigenvalue weighted by molar-refractivity contribution is 0.599. The molecule has 3 aromatic rings. The van der Waals surface area contributed by atoms with Crippen LogP contribution in [-0.2, 0) is 5.75 Å². The number of aromatic amines is 1. The molecule has 1 aliphatic carbocycles. The summed E-state index contributed by atoms with van der Waals surface area (Å²) in [6, 6.07) is 6.20. The normalized spacial score (nSPS) is 14.6. The Kier molecular flexibility index (Phi) is 4.11. The molecule has 130 valence electrons. The van der Waals surface area contributed by atoms with Gasteiger partial charge in [0.05, 0.1) is 16.7 Å². The topological polar surface area (TPSA) is 76.5 Å². The molecule has 0 spiro atoms. The number of thioether (sulfide) groups is 1. The summed E-state index contributed by atoms with van der Waals surface area (Å²) in [5.74, 6) is 2.64. The van der Waals surface area contributed by atoms with E-state index in [1.165, 1.54) is 12.8 Å². The van der Waals surface area contributed by atoms with Gasteiger partial charge in [0.15, 0.2) is 5.16 Å². The summed E-state index contributed by atoms with van der Waals surface area (Å²) in [5.41, 5.74) is 1.70. The molecule has 0 amide bonds. The second kappa shape index (κ2) is 6.29.